The van der Waals surface area contributed by atoms with E-state index in [0.29, 0.717) is 17.4 Å². The van der Waals surface area contributed by atoms with E-state index in [4.69, 9.17) is 14.2 Å². The molecule has 0 spiro atoms. The van der Waals surface area contributed by atoms with Crippen molar-refractivity contribution < 1.29 is 14.2 Å². The van der Waals surface area contributed by atoms with E-state index in [1.54, 1.807) is 0 Å². The Kier molecular flexibility index (Phi) is 4.75. The highest BCUT2D eigenvalue weighted by Crippen LogP contribution is 2.35. The summed E-state index contributed by atoms with van der Waals surface area (Å²) in [5, 5.41) is 6.52. The van der Waals surface area contributed by atoms with Crippen LogP contribution in [0.1, 0.15) is 0 Å². The topological polar surface area (TPSA) is 77.5 Å². The molecule has 0 saturated heterocycles. The van der Waals surface area contributed by atoms with Gasteiger partial charge in [0.25, 0.3) is 0 Å². The summed E-state index contributed by atoms with van der Waals surface area (Å²) in [5.41, 5.74) is 1.74. The predicted molar refractivity (Wildman–Crippen MR) is 114 cm³/mol. The molecule has 0 atom stereocenters. The smallest absolute Gasteiger partial charge is 0.231 e. The normalized spacial score (nSPS) is 11.7. The number of fused-ring (bicyclic) bond motifs is 1. The third-order valence-electron chi connectivity index (χ3n) is 4.42. The third-order valence-corrected chi connectivity index (χ3v) is 4.42. The highest BCUT2D eigenvalue weighted by Gasteiger charge is 2.13. The number of rotatable bonds is 6. The van der Waals surface area contributed by atoms with Crippen LogP contribution in [-0.4, -0.2) is 16.8 Å². The number of nitrogens with one attached hydrogen (secondary N) is 2. The van der Waals surface area contributed by atoms with Gasteiger partial charge in [-0.05, 0) is 48.5 Å². The zero-order valence-corrected chi connectivity index (χ0v) is 15.9. The molecule has 1 aliphatic heterocycles. The molecule has 148 valence electrons. The van der Waals surface area contributed by atoms with Crippen LogP contribution < -0.4 is 24.8 Å². The molecule has 7 nitrogen and oxygen atoms in total. The second kappa shape index (κ2) is 8.00. The first-order valence-corrected chi connectivity index (χ1v) is 9.40. The molecule has 5 rings (SSSR count). The van der Waals surface area contributed by atoms with Crippen LogP contribution in [0.3, 0.4) is 0 Å². The highest BCUT2D eigenvalue weighted by atomic mass is 16.7. The maximum Gasteiger partial charge on any atom is 0.231 e. The number of hydrogen-bond donors (Lipinski definition) is 2. The van der Waals surface area contributed by atoms with Gasteiger partial charge < -0.3 is 24.8 Å². The Morgan fingerprint density at radius 1 is 0.667 bits per heavy atom. The molecule has 3 aromatic carbocycles. The van der Waals surface area contributed by atoms with Gasteiger partial charge in [0.05, 0.1) is 0 Å². The van der Waals surface area contributed by atoms with Gasteiger partial charge in [0.15, 0.2) is 11.5 Å². The molecule has 1 aliphatic rings. The average Bonchev–Trinajstić information content (AvgIpc) is 3.24. The largest absolute Gasteiger partial charge is 0.457 e. The summed E-state index contributed by atoms with van der Waals surface area (Å²) in [7, 11) is 0. The van der Waals surface area contributed by atoms with Gasteiger partial charge in [0, 0.05) is 23.5 Å². The SMILES string of the molecule is c1ccc(Oc2ccc(Nc3cc(Nc4ccc5c(c4)OCO5)ncn3)cc2)cc1. The van der Waals surface area contributed by atoms with Crippen LogP contribution in [0.4, 0.5) is 23.0 Å². The Morgan fingerprint density at radius 3 is 2.13 bits per heavy atom. The molecule has 4 aromatic rings. The van der Waals surface area contributed by atoms with Gasteiger partial charge in [-0.1, -0.05) is 18.2 Å². The minimum absolute atomic E-state index is 0.246. The Balaban J connectivity index is 1.25. The number of aromatic nitrogens is 2. The minimum Gasteiger partial charge on any atom is -0.457 e. The maximum atomic E-state index is 5.82. The van der Waals surface area contributed by atoms with Gasteiger partial charge in [-0.2, -0.15) is 0 Å². The minimum atomic E-state index is 0.246. The molecule has 0 saturated carbocycles. The van der Waals surface area contributed by atoms with Crippen molar-refractivity contribution >= 4 is 23.0 Å². The van der Waals surface area contributed by atoms with E-state index >= 15 is 0 Å². The summed E-state index contributed by atoms with van der Waals surface area (Å²) in [6.07, 6.45) is 1.50. The number of hydrogen-bond acceptors (Lipinski definition) is 7. The van der Waals surface area contributed by atoms with Gasteiger partial charge >= 0.3 is 0 Å². The number of nitrogens with zero attached hydrogens (tertiary/aromatic N) is 2. The molecule has 2 N–H and O–H groups in total. The Morgan fingerprint density at radius 2 is 1.33 bits per heavy atom. The summed E-state index contributed by atoms with van der Waals surface area (Å²) in [4.78, 5) is 8.56. The molecule has 0 amide bonds. The molecule has 0 unspecified atom stereocenters. The summed E-state index contributed by atoms with van der Waals surface area (Å²) >= 11 is 0. The fraction of sp³-hybridized carbons (Fsp3) is 0.0435. The van der Waals surface area contributed by atoms with Crippen LogP contribution in [0, 0.1) is 0 Å². The number of anilines is 4. The van der Waals surface area contributed by atoms with E-state index in [1.165, 1.54) is 6.33 Å². The van der Waals surface area contributed by atoms with E-state index in [0.717, 1.165) is 28.6 Å². The molecule has 0 fully saturated rings. The van der Waals surface area contributed by atoms with E-state index in [1.807, 2.05) is 78.9 Å². The van der Waals surface area contributed by atoms with Crippen molar-refractivity contribution in [2.75, 3.05) is 17.4 Å². The van der Waals surface area contributed by atoms with Crippen molar-refractivity contribution in [3.63, 3.8) is 0 Å². The van der Waals surface area contributed by atoms with Gasteiger partial charge in [0.2, 0.25) is 6.79 Å². The van der Waals surface area contributed by atoms with Crippen molar-refractivity contribution in [2.45, 2.75) is 0 Å². The molecule has 30 heavy (non-hydrogen) atoms. The lowest BCUT2D eigenvalue weighted by atomic mass is 10.2. The number of para-hydroxylation sites is 1. The molecule has 0 aliphatic carbocycles. The zero-order chi connectivity index (χ0) is 20.2. The van der Waals surface area contributed by atoms with Crippen LogP contribution in [0.5, 0.6) is 23.0 Å². The summed E-state index contributed by atoms with van der Waals surface area (Å²) in [6, 6.07) is 24.8. The number of benzene rings is 3. The predicted octanol–water partition coefficient (Wildman–Crippen LogP) is 5.48. The van der Waals surface area contributed by atoms with E-state index < -0.39 is 0 Å². The first-order valence-electron chi connectivity index (χ1n) is 9.40. The van der Waals surface area contributed by atoms with E-state index in [2.05, 4.69) is 20.6 Å². The second-order valence-electron chi connectivity index (χ2n) is 6.55. The lowest BCUT2D eigenvalue weighted by molar-refractivity contribution is 0.174. The van der Waals surface area contributed by atoms with E-state index in [9.17, 15) is 0 Å². The van der Waals surface area contributed by atoms with Crippen LogP contribution in [-0.2, 0) is 0 Å². The Hall–Kier alpha value is -4.26. The summed E-state index contributed by atoms with van der Waals surface area (Å²) in [6.45, 7) is 0.246. The van der Waals surface area contributed by atoms with Crippen LogP contribution in [0.2, 0.25) is 0 Å². The monoisotopic (exact) mass is 398 g/mol. The lowest BCUT2D eigenvalue weighted by Crippen LogP contribution is -1.98. The first-order chi connectivity index (χ1) is 14.8. The van der Waals surface area contributed by atoms with Crippen molar-refractivity contribution in [2.24, 2.45) is 0 Å². The first kappa shape index (κ1) is 17.8. The van der Waals surface area contributed by atoms with Gasteiger partial charge in [-0.25, -0.2) is 9.97 Å². The Labute approximate surface area is 173 Å². The second-order valence-corrected chi connectivity index (χ2v) is 6.55. The zero-order valence-electron chi connectivity index (χ0n) is 15.9. The quantitative estimate of drug-likeness (QED) is 0.445. The third kappa shape index (κ3) is 4.10. The van der Waals surface area contributed by atoms with Gasteiger partial charge in [0.1, 0.15) is 29.5 Å². The standard InChI is InChI=1S/C23H18N4O3/c1-2-4-18(5-3-1)30-19-9-6-16(7-10-19)26-22-13-23(25-14-24-22)27-17-8-11-20-21(12-17)29-15-28-20/h1-14H,15H2,(H2,24,25,26,27). The Bertz CT molecular complexity index is 1150. The van der Waals surface area contributed by atoms with Crippen molar-refractivity contribution in [3.8, 4) is 23.0 Å². The molecule has 7 heteroatoms. The molecule has 0 radical (unpaired) electrons. The van der Waals surface area contributed by atoms with Crippen LogP contribution in [0.15, 0.2) is 85.2 Å². The summed E-state index contributed by atoms with van der Waals surface area (Å²) < 4.78 is 16.6. The lowest BCUT2D eigenvalue weighted by Gasteiger charge is -2.10. The molecular weight excluding hydrogens is 380 g/mol. The van der Waals surface area contributed by atoms with Crippen LogP contribution in [0.25, 0.3) is 0 Å². The molecule has 2 heterocycles. The van der Waals surface area contributed by atoms with Crippen molar-refractivity contribution in [1.82, 2.24) is 9.97 Å². The average molecular weight is 398 g/mol. The molecule has 0 bridgehead atoms. The fourth-order valence-electron chi connectivity index (χ4n) is 3.00. The highest BCUT2D eigenvalue weighted by molar-refractivity contribution is 5.65. The summed E-state index contributed by atoms with van der Waals surface area (Å²) in [5.74, 6) is 4.35. The van der Waals surface area contributed by atoms with E-state index in [-0.39, 0.29) is 6.79 Å². The van der Waals surface area contributed by atoms with Crippen molar-refractivity contribution in [1.29, 1.82) is 0 Å². The van der Waals surface area contributed by atoms with Gasteiger partial charge in [-0.3, -0.25) is 0 Å². The molecular formula is C23H18N4O3. The fourth-order valence-corrected chi connectivity index (χ4v) is 3.00. The van der Waals surface area contributed by atoms with Crippen LogP contribution >= 0.6 is 0 Å². The van der Waals surface area contributed by atoms with Crippen molar-refractivity contribution in [3.05, 3.63) is 85.2 Å². The number of ether oxygens (including phenoxy) is 3. The maximum absolute atomic E-state index is 5.82. The molecule has 1 aromatic heterocycles. The van der Waals surface area contributed by atoms with Gasteiger partial charge in [-0.15, -0.1) is 0 Å².